The Morgan fingerprint density at radius 2 is 1.67 bits per heavy atom. The molecule has 0 spiro atoms. The number of likely N-dealkylation sites (N-methyl/N-ethyl adjacent to an activating group) is 1. The van der Waals surface area contributed by atoms with E-state index in [0.717, 1.165) is 59.5 Å². The minimum absolute atomic E-state index is 0.279. The Hall–Kier alpha value is -5.17. The van der Waals surface area contributed by atoms with E-state index in [0.29, 0.717) is 16.9 Å². The maximum atomic E-state index is 12.3. The Bertz CT molecular complexity index is 1730. The third-order valence-electron chi connectivity index (χ3n) is 7.31. The third-order valence-corrected chi connectivity index (χ3v) is 7.31. The summed E-state index contributed by atoms with van der Waals surface area (Å²) in [6.45, 7) is 9.57. The molecule has 1 fully saturated rings. The highest BCUT2D eigenvalue weighted by Gasteiger charge is 2.38. The fraction of sp³-hybridized carbons (Fsp3) is 0.250. The van der Waals surface area contributed by atoms with Crippen molar-refractivity contribution in [1.82, 2.24) is 14.9 Å². The number of nitrogens with one attached hydrogen (secondary N) is 2. The molecule has 1 amide bonds. The quantitative estimate of drug-likeness (QED) is 0.190. The molecule has 3 heterocycles. The number of pyridine rings is 1. The second kappa shape index (κ2) is 13.6. The molecule has 2 aromatic carbocycles. The first-order valence-corrected chi connectivity index (χ1v) is 13.8. The van der Waals surface area contributed by atoms with Gasteiger partial charge in [0.25, 0.3) is 0 Å². The number of fused-ring (bicyclic) bond motifs is 1. The highest BCUT2D eigenvalue weighted by atomic mass is 19.4. The van der Waals surface area contributed by atoms with E-state index in [1.54, 1.807) is 6.07 Å². The van der Waals surface area contributed by atoms with E-state index in [4.69, 9.17) is 14.6 Å². The van der Waals surface area contributed by atoms with Gasteiger partial charge in [-0.15, -0.1) is 0 Å². The summed E-state index contributed by atoms with van der Waals surface area (Å²) in [6.07, 6.45) is -2.32. The number of hydrogen-bond acceptors (Lipinski definition) is 7. The molecular weight excluding hydrogens is 591 g/mol. The van der Waals surface area contributed by atoms with Crippen LogP contribution >= 0.6 is 0 Å². The van der Waals surface area contributed by atoms with Crippen LogP contribution in [-0.4, -0.2) is 84.3 Å². The second-order valence-electron chi connectivity index (χ2n) is 10.3. The Morgan fingerprint density at radius 3 is 2.24 bits per heavy atom. The number of ether oxygens (including phenoxy) is 1. The van der Waals surface area contributed by atoms with Gasteiger partial charge in [0.15, 0.2) is 0 Å². The van der Waals surface area contributed by atoms with Crippen molar-refractivity contribution in [3.63, 3.8) is 0 Å². The van der Waals surface area contributed by atoms with Crippen molar-refractivity contribution in [2.24, 2.45) is 0 Å². The summed E-state index contributed by atoms with van der Waals surface area (Å²) in [4.78, 5) is 46.0. The standard InChI is InChI=1S/C30H31N5O3.C2HF3O2/c1-5-26(36)32-25-17-21(7-6-19(25)2)27-24-16-22(30(37)38-4)18-31-29(24)33-28(27)20-8-10-23(11-9-20)35-14-12-34(3)13-15-35;3-2(4,5)1(6)7/h5-11,16-18H,1,12-15H2,2-4H3,(H,31,33)(H,32,36);(H,6,7). The van der Waals surface area contributed by atoms with Crippen LogP contribution < -0.4 is 10.2 Å². The first-order chi connectivity index (χ1) is 21.3. The number of carbonyl (C=O) groups is 3. The number of halogens is 3. The number of amides is 1. The van der Waals surface area contributed by atoms with Crippen molar-refractivity contribution in [2.45, 2.75) is 13.1 Å². The van der Waals surface area contributed by atoms with E-state index in [2.05, 4.69) is 63.0 Å². The van der Waals surface area contributed by atoms with E-state index in [9.17, 15) is 22.8 Å². The van der Waals surface area contributed by atoms with E-state index < -0.39 is 18.1 Å². The number of aromatic nitrogens is 2. The number of aliphatic carboxylic acids is 1. The van der Waals surface area contributed by atoms with E-state index in [1.165, 1.54) is 25.1 Å². The van der Waals surface area contributed by atoms with Crippen LogP contribution in [0.3, 0.4) is 0 Å². The minimum Gasteiger partial charge on any atom is -0.475 e. The summed E-state index contributed by atoms with van der Waals surface area (Å²) in [5.41, 5.74) is 7.47. The van der Waals surface area contributed by atoms with E-state index in [1.807, 2.05) is 25.1 Å². The van der Waals surface area contributed by atoms with Gasteiger partial charge in [0, 0.05) is 54.7 Å². The zero-order valence-corrected chi connectivity index (χ0v) is 24.9. The molecule has 1 aliphatic rings. The molecule has 236 valence electrons. The number of esters is 1. The van der Waals surface area contributed by atoms with Crippen LogP contribution in [-0.2, 0) is 14.3 Å². The van der Waals surface area contributed by atoms with Gasteiger partial charge in [-0.1, -0.05) is 30.8 Å². The number of benzene rings is 2. The van der Waals surface area contributed by atoms with Gasteiger partial charge in [0.05, 0.1) is 18.4 Å². The third kappa shape index (κ3) is 7.68. The first-order valence-electron chi connectivity index (χ1n) is 13.8. The first kappa shape index (κ1) is 32.7. The lowest BCUT2D eigenvalue weighted by Crippen LogP contribution is -2.44. The monoisotopic (exact) mass is 623 g/mol. The fourth-order valence-corrected chi connectivity index (χ4v) is 4.82. The Balaban J connectivity index is 0.000000591. The lowest BCUT2D eigenvalue weighted by Gasteiger charge is -2.34. The number of nitrogens with zero attached hydrogens (tertiary/aromatic N) is 3. The molecule has 2 aromatic heterocycles. The molecule has 0 atom stereocenters. The summed E-state index contributed by atoms with van der Waals surface area (Å²) in [5, 5.41) is 10.8. The summed E-state index contributed by atoms with van der Waals surface area (Å²) in [7, 11) is 3.50. The van der Waals surface area contributed by atoms with Crippen molar-refractivity contribution >= 4 is 40.3 Å². The number of aromatic amines is 1. The largest absolute Gasteiger partial charge is 0.490 e. The number of alkyl halides is 3. The molecule has 45 heavy (non-hydrogen) atoms. The number of hydrogen-bond donors (Lipinski definition) is 3. The van der Waals surface area contributed by atoms with Crippen molar-refractivity contribution in [1.29, 1.82) is 0 Å². The number of carbonyl (C=O) groups excluding carboxylic acids is 2. The van der Waals surface area contributed by atoms with Crippen LogP contribution in [0.2, 0.25) is 0 Å². The highest BCUT2D eigenvalue weighted by molar-refractivity contribution is 6.06. The van der Waals surface area contributed by atoms with Crippen LogP contribution in [0.4, 0.5) is 24.5 Å². The van der Waals surface area contributed by atoms with Crippen molar-refractivity contribution in [2.75, 3.05) is 50.6 Å². The molecule has 4 aromatic rings. The van der Waals surface area contributed by atoms with Gasteiger partial charge in [-0.25, -0.2) is 14.6 Å². The summed E-state index contributed by atoms with van der Waals surface area (Å²) in [6, 6.07) is 16.2. The average molecular weight is 624 g/mol. The van der Waals surface area contributed by atoms with Gasteiger partial charge >= 0.3 is 18.1 Å². The van der Waals surface area contributed by atoms with E-state index in [-0.39, 0.29) is 5.91 Å². The van der Waals surface area contributed by atoms with Crippen LogP contribution in [0.5, 0.6) is 0 Å². The fourth-order valence-electron chi connectivity index (χ4n) is 4.82. The minimum atomic E-state index is -5.08. The van der Waals surface area contributed by atoms with Crippen LogP contribution in [0.15, 0.2) is 67.4 Å². The zero-order valence-electron chi connectivity index (χ0n) is 24.9. The van der Waals surface area contributed by atoms with Crippen molar-refractivity contribution in [3.05, 3.63) is 78.5 Å². The smallest absolute Gasteiger partial charge is 0.475 e. The van der Waals surface area contributed by atoms with Gasteiger partial charge in [0.1, 0.15) is 5.65 Å². The zero-order chi connectivity index (χ0) is 32.9. The Morgan fingerprint density at radius 1 is 1.04 bits per heavy atom. The van der Waals surface area contributed by atoms with Crippen LogP contribution in [0, 0.1) is 6.92 Å². The molecule has 1 aliphatic heterocycles. The molecule has 0 aliphatic carbocycles. The number of aryl methyl sites for hydroxylation is 1. The lowest BCUT2D eigenvalue weighted by molar-refractivity contribution is -0.192. The molecular formula is C32H32F3N5O5. The molecule has 0 bridgehead atoms. The number of carboxylic acids is 1. The highest BCUT2D eigenvalue weighted by Crippen LogP contribution is 2.40. The van der Waals surface area contributed by atoms with Crippen LogP contribution in [0.1, 0.15) is 15.9 Å². The molecule has 0 radical (unpaired) electrons. The van der Waals surface area contributed by atoms with Gasteiger partial charge in [-0.3, -0.25) is 4.79 Å². The van der Waals surface area contributed by atoms with Crippen molar-refractivity contribution < 1.29 is 37.4 Å². The number of H-pyrrole nitrogens is 1. The van der Waals surface area contributed by atoms with Crippen LogP contribution in [0.25, 0.3) is 33.4 Å². The number of piperazine rings is 1. The number of rotatable bonds is 6. The topological polar surface area (TPSA) is 128 Å². The maximum Gasteiger partial charge on any atom is 0.490 e. The van der Waals surface area contributed by atoms with Gasteiger partial charge in [0.2, 0.25) is 5.91 Å². The second-order valence-corrected chi connectivity index (χ2v) is 10.3. The normalized spacial score (nSPS) is 13.5. The lowest BCUT2D eigenvalue weighted by atomic mass is 9.96. The summed E-state index contributed by atoms with van der Waals surface area (Å²) >= 11 is 0. The van der Waals surface area contributed by atoms with Crippen molar-refractivity contribution in [3.8, 4) is 22.4 Å². The molecule has 10 nitrogen and oxygen atoms in total. The number of methoxy groups -OCH3 is 1. The Kier molecular flexibility index (Phi) is 9.92. The average Bonchev–Trinajstić information content (AvgIpc) is 3.41. The summed E-state index contributed by atoms with van der Waals surface area (Å²) in [5.74, 6) is -3.49. The molecule has 0 unspecified atom stereocenters. The molecule has 13 heteroatoms. The molecule has 5 rings (SSSR count). The van der Waals surface area contributed by atoms with Gasteiger partial charge in [-0.2, -0.15) is 13.2 Å². The molecule has 0 saturated carbocycles. The Labute approximate surface area is 257 Å². The number of anilines is 2. The molecule has 1 saturated heterocycles. The summed E-state index contributed by atoms with van der Waals surface area (Å²) < 4.78 is 36.7. The SMILES string of the molecule is C=CC(=O)Nc1cc(-c2c(-c3ccc(N4CCN(C)CC4)cc3)[nH]c3ncc(C(=O)OC)cc23)ccc1C.O=C(O)C(F)(F)F. The maximum absolute atomic E-state index is 12.3. The molecule has 3 N–H and O–H groups in total. The van der Waals surface area contributed by atoms with Gasteiger partial charge < -0.3 is 29.9 Å². The van der Waals surface area contributed by atoms with E-state index >= 15 is 0 Å². The van der Waals surface area contributed by atoms with Gasteiger partial charge in [-0.05, 0) is 61.0 Å². The predicted octanol–water partition coefficient (Wildman–Crippen LogP) is 5.50. The number of carboxylic acid groups (broad SMARTS) is 1. The predicted molar refractivity (Wildman–Crippen MR) is 165 cm³/mol.